The first-order valence-electron chi connectivity index (χ1n) is 5.51. The van der Waals surface area contributed by atoms with Gasteiger partial charge in [-0.3, -0.25) is 19.5 Å². The Kier molecular flexibility index (Phi) is 2.64. The lowest BCUT2D eigenvalue weighted by atomic mass is 10.2. The van der Waals surface area contributed by atoms with Crippen LogP contribution in [0.5, 0.6) is 0 Å². The minimum Gasteiger partial charge on any atom is -0.267 e. The van der Waals surface area contributed by atoms with E-state index in [1.54, 1.807) is 35.7 Å². The summed E-state index contributed by atoms with van der Waals surface area (Å²) in [5.41, 5.74) is -0.978. The molecule has 0 atom stereocenters. The van der Waals surface area contributed by atoms with Crippen molar-refractivity contribution in [1.82, 2.24) is 9.78 Å². The van der Waals surface area contributed by atoms with Crippen LogP contribution in [0.4, 0.5) is 0 Å². The van der Waals surface area contributed by atoms with E-state index in [2.05, 4.69) is 5.10 Å². The van der Waals surface area contributed by atoms with E-state index in [-0.39, 0.29) is 10.8 Å². The number of fused-ring (bicyclic) bond motifs is 1. The molecule has 0 spiro atoms. The van der Waals surface area contributed by atoms with Gasteiger partial charge in [-0.2, -0.15) is 4.68 Å². The number of carbonyl (C=O) groups excluding carboxylic acids is 1. The quantitative estimate of drug-likeness (QED) is 0.728. The Morgan fingerprint density at radius 2 is 1.79 bits per heavy atom. The molecular weight excluding hydrogens is 264 g/mol. The molecule has 0 saturated carbocycles. The third-order valence-corrected chi connectivity index (χ3v) is 3.61. The Bertz CT molecular complexity index is 875. The highest BCUT2D eigenvalue weighted by Crippen LogP contribution is 2.09. The molecule has 1 aromatic carbocycles. The van der Waals surface area contributed by atoms with Gasteiger partial charge in [0.2, 0.25) is 0 Å². The number of nitrogens with one attached hydrogen (secondary N) is 1. The summed E-state index contributed by atoms with van der Waals surface area (Å²) in [4.78, 5) is 36.6. The highest BCUT2D eigenvalue weighted by Gasteiger charge is 2.14. The summed E-state index contributed by atoms with van der Waals surface area (Å²) >= 11 is 1.21. The molecule has 0 aliphatic heterocycles. The first-order valence-corrected chi connectivity index (χ1v) is 6.39. The van der Waals surface area contributed by atoms with Gasteiger partial charge in [0.25, 0.3) is 17.0 Å². The minimum atomic E-state index is -0.525. The Morgan fingerprint density at radius 1 is 1.05 bits per heavy atom. The molecule has 0 aliphatic carbocycles. The predicted molar refractivity (Wildman–Crippen MR) is 72.9 cm³/mol. The number of thiophene rings is 1. The summed E-state index contributed by atoms with van der Waals surface area (Å²) < 4.78 is 0.760. The number of hydrogen-bond acceptors (Lipinski definition) is 4. The fraction of sp³-hybridized carbons (Fsp3) is 0. The molecule has 0 bridgehead atoms. The molecule has 19 heavy (non-hydrogen) atoms. The van der Waals surface area contributed by atoms with E-state index in [4.69, 9.17) is 0 Å². The highest BCUT2D eigenvalue weighted by molar-refractivity contribution is 7.12. The topological polar surface area (TPSA) is 71.9 Å². The van der Waals surface area contributed by atoms with Crippen LogP contribution in [0.15, 0.2) is 51.4 Å². The fourth-order valence-electron chi connectivity index (χ4n) is 1.85. The molecule has 2 aromatic heterocycles. The SMILES string of the molecule is O=C(c1cccs1)n1[nH]c(=O)c2ccccc2c1=O. The average Bonchev–Trinajstić information content (AvgIpc) is 2.96. The van der Waals surface area contributed by atoms with E-state index >= 15 is 0 Å². The average molecular weight is 272 g/mol. The number of benzene rings is 1. The smallest absolute Gasteiger partial charge is 0.267 e. The Labute approximate surface area is 110 Å². The number of carbonyl (C=O) groups is 1. The van der Waals surface area contributed by atoms with E-state index in [0.717, 1.165) is 4.68 Å². The Morgan fingerprint density at radius 3 is 2.47 bits per heavy atom. The minimum absolute atomic E-state index is 0.233. The number of H-pyrrole nitrogens is 1. The molecule has 0 unspecified atom stereocenters. The molecular formula is C13H8N2O3S. The zero-order chi connectivity index (χ0) is 13.4. The van der Waals surface area contributed by atoms with Crippen LogP contribution in [-0.4, -0.2) is 15.7 Å². The van der Waals surface area contributed by atoms with Gasteiger partial charge in [-0.15, -0.1) is 11.3 Å². The van der Waals surface area contributed by atoms with Gasteiger partial charge >= 0.3 is 0 Å². The molecule has 0 amide bonds. The maximum Gasteiger partial charge on any atom is 0.289 e. The van der Waals surface area contributed by atoms with Gasteiger partial charge in [0, 0.05) is 0 Å². The fourth-order valence-corrected chi connectivity index (χ4v) is 2.51. The molecule has 5 nitrogen and oxygen atoms in total. The predicted octanol–water partition coefficient (Wildman–Crippen LogP) is 1.44. The van der Waals surface area contributed by atoms with Crippen molar-refractivity contribution in [3.63, 3.8) is 0 Å². The van der Waals surface area contributed by atoms with Gasteiger partial charge in [-0.25, -0.2) is 0 Å². The molecule has 0 saturated heterocycles. The molecule has 3 rings (SSSR count). The maximum atomic E-state index is 12.2. The lowest BCUT2D eigenvalue weighted by Crippen LogP contribution is -2.34. The van der Waals surface area contributed by atoms with E-state index < -0.39 is 17.0 Å². The normalized spacial score (nSPS) is 10.7. The second-order valence-corrected chi connectivity index (χ2v) is 4.86. The molecule has 94 valence electrons. The van der Waals surface area contributed by atoms with Crippen molar-refractivity contribution in [2.24, 2.45) is 0 Å². The lowest BCUT2D eigenvalue weighted by Gasteiger charge is -2.03. The summed E-state index contributed by atoms with van der Waals surface area (Å²) in [5, 5.41) is 4.56. The zero-order valence-electron chi connectivity index (χ0n) is 9.62. The van der Waals surface area contributed by atoms with Crippen molar-refractivity contribution in [3.8, 4) is 0 Å². The van der Waals surface area contributed by atoms with Crippen molar-refractivity contribution in [2.75, 3.05) is 0 Å². The number of hydrogen-bond donors (Lipinski definition) is 1. The Hall–Kier alpha value is -2.47. The van der Waals surface area contributed by atoms with Gasteiger partial charge in [0.1, 0.15) is 0 Å². The van der Waals surface area contributed by atoms with Crippen LogP contribution in [0.1, 0.15) is 9.67 Å². The number of aromatic nitrogens is 2. The molecule has 0 aliphatic rings. The van der Waals surface area contributed by atoms with Crippen LogP contribution in [0.3, 0.4) is 0 Å². The molecule has 1 N–H and O–H groups in total. The largest absolute Gasteiger partial charge is 0.289 e. The first-order chi connectivity index (χ1) is 9.18. The Balaban J connectivity index is 2.32. The summed E-state index contributed by atoms with van der Waals surface area (Å²) in [6, 6.07) is 9.72. The van der Waals surface area contributed by atoms with Crippen LogP contribution >= 0.6 is 11.3 Å². The van der Waals surface area contributed by atoms with Crippen molar-refractivity contribution in [1.29, 1.82) is 0 Å². The van der Waals surface area contributed by atoms with Crippen molar-refractivity contribution < 1.29 is 4.79 Å². The molecule has 3 aromatic rings. The van der Waals surface area contributed by atoms with Crippen LogP contribution in [-0.2, 0) is 0 Å². The molecule has 0 fully saturated rings. The van der Waals surface area contributed by atoms with Gasteiger partial charge in [-0.1, -0.05) is 18.2 Å². The van der Waals surface area contributed by atoms with E-state index in [0.29, 0.717) is 4.88 Å². The maximum absolute atomic E-state index is 12.2. The molecule has 2 heterocycles. The van der Waals surface area contributed by atoms with E-state index in [9.17, 15) is 14.4 Å². The lowest BCUT2D eigenvalue weighted by molar-refractivity contribution is 0.0943. The van der Waals surface area contributed by atoms with Crippen molar-refractivity contribution in [3.05, 3.63) is 67.4 Å². The summed E-state index contributed by atoms with van der Waals surface area (Å²) in [7, 11) is 0. The van der Waals surface area contributed by atoms with Gasteiger partial charge in [0.05, 0.1) is 15.6 Å². The van der Waals surface area contributed by atoms with E-state index in [1.807, 2.05) is 0 Å². The highest BCUT2D eigenvalue weighted by atomic mass is 32.1. The van der Waals surface area contributed by atoms with Gasteiger partial charge in [-0.05, 0) is 23.6 Å². The molecule has 6 heteroatoms. The van der Waals surface area contributed by atoms with Crippen molar-refractivity contribution in [2.45, 2.75) is 0 Å². The zero-order valence-corrected chi connectivity index (χ0v) is 10.4. The number of rotatable bonds is 1. The van der Waals surface area contributed by atoms with E-state index in [1.165, 1.54) is 17.4 Å². The second-order valence-electron chi connectivity index (χ2n) is 3.91. The van der Waals surface area contributed by atoms with Crippen LogP contribution in [0.25, 0.3) is 10.8 Å². The summed E-state index contributed by atoms with van der Waals surface area (Å²) in [5.74, 6) is -0.525. The standard InChI is InChI=1S/C13H8N2O3S/c16-11-8-4-1-2-5-9(8)12(17)15(14-11)13(18)10-6-3-7-19-10/h1-7H,(H,14,16). The summed E-state index contributed by atoms with van der Waals surface area (Å²) in [6.45, 7) is 0. The second kappa shape index (κ2) is 4.33. The first kappa shape index (κ1) is 11.6. The number of aromatic amines is 1. The third-order valence-electron chi connectivity index (χ3n) is 2.75. The third kappa shape index (κ3) is 1.82. The van der Waals surface area contributed by atoms with Crippen LogP contribution < -0.4 is 11.1 Å². The van der Waals surface area contributed by atoms with Gasteiger partial charge < -0.3 is 0 Å². The van der Waals surface area contributed by atoms with Crippen LogP contribution in [0, 0.1) is 0 Å². The van der Waals surface area contributed by atoms with Crippen LogP contribution in [0.2, 0.25) is 0 Å². The summed E-state index contributed by atoms with van der Waals surface area (Å²) in [6.07, 6.45) is 0. The van der Waals surface area contributed by atoms with Gasteiger partial charge in [0.15, 0.2) is 0 Å². The van der Waals surface area contributed by atoms with Crippen molar-refractivity contribution >= 4 is 28.0 Å². The molecule has 0 radical (unpaired) electrons. The number of nitrogens with zero attached hydrogens (tertiary/aromatic N) is 1. The monoisotopic (exact) mass is 272 g/mol.